The maximum atomic E-state index is 14.7. The smallest absolute Gasteiger partial charge is 0.329 e. The predicted octanol–water partition coefficient (Wildman–Crippen LogP) is 1.40. The van der Waals surface area contributed by atoms with Crippen LogP contribution in [-0.4, -0.2) is 131 Å². The zero-order chi connectivity index (χ0) is 41.8. The van der Waals surface area contributed by atoms with Crippen LogP contribution in [0.3, 0.4) is 0 Å². The average molecular weight is 810 g/mol. The van der Waals surface area contributed by atoms with E-state index < -0.39 is 102 Å². The first-order valence-electron chi connectivity index (χ1n) is 19.5. The molecule has 0 bridgehead atoms. The summed E-state index contributed by atoms with van der Waals surface area (Å²) in [4.78, 5) is 102. The number of amides is 7. The highest BCUT2D eigenvalue weighted by atomic mass is 19.1. The molecule has 312 valence electrons. The second-order valence-corrected chi connectivity index (χ2v) is 15.5. The number of nitrogens with one attached hydrogen (secondary N) is 4. The first kappa shape index (κ1) is 42.0. The third kappa shape index (κ3) is 9.54. The summed E-state index contributed by atoms with van der Waals surface area (Å²) in [5.41, 5.74) is 1.33. The number of urea groups is 1. The number of halogens is 2. The van der Waals surface area contributed by atoms with Crippen LogP contribution in [0.1, 0.15) is 51.2 Å². The molecule has 7 amide bonds. The Bertz CT molecular complexity index is 1910. The number of cyclic esters (lactones) is 1. The van der Waals surface area contributed by atoms with E-state index in [9.17, 15) is 42.3 Å². The number of fused-ring (bicyclic) bond motifs is 3. The Morgan fingerprint density at radius 2 is 1.57 bits per heavy atom. The molecular weight excluding hydrogens is 760 g/mol. The van der Waals surface area contributed by atoms with Crippen LogP contribution in [0.4, 0.5) is 19.3 Å². The molecule has 2 aromatic rings. The molecule has 16 nitrogen and oxygen atoms in total. The van der Waals surface area contributed by atoms with E-state index in [0.29, 0.717) is 18.2 Å². The highest BCUT2D eigenvalue weighted by Crippen LogP contribution is 2.28. The number of benzene rings is 2. The highest BCUT2D eigenvalue weighted by Gasteiger charge is 2.47. The quantitative estimate of drug-likeness (QED) is 0.312. The number of rotatable bonds is 6. The second-order valence-electron chi connectivity index (χ2n) is 15.5. The number of hydrogen-bond donors (Lipinski definition) is 4. The monoisotopic (exact) mass is 809 g/mol. The minimum atomic E-state index is -1.64. The minimum Gasteiger partial charge on any atom is -0.458 e. The third-order valence-corrected chi connectivity index (χ3v) is 11.0. The van der Waals surface area contributed by atoms with E-state index >= 15 is 0 Å². The molecule has 0 saturated carbocycles. The normalized spacial score (nSPS) is 27.5. The van der Waals surface area contributed by atoms with Crippen LogP contribution in [-0.2, 0) is 44.7 Å². The average Bonchev–Trinajstić information content (AvgIpc) is 3.83. The topological polar surface area (TPSA) is 196 Å². The van der Waals surface area contributed by atoms with E-state index in [-0.39, 0.29) is 57.2 Å². The van der Waals surface area contributed by atoms with E-state index in [1.807, 2.05) is 13.8 Å². The van der Waals surface area contributed by atoms with Crippen molar-refractivity contribution in [1.29, 1.82) is 0 Å². The highest BCUT2D eigenvalue weighted by molar-refractivity contribution is 5.99. The van der Waals surface area contributed by atoms with E-state index in [2.05, 4.69) is 21.3 Å². The minimum absolute atomic E-state index is 0.0146. The van der Waals surface area contributed by atoms with Gasteiger partial charge in [0.1, 0.15) is 54.0 Å². The zero-order valence-electron chi connectivity index (χ0n) is 32.8. The van der Waals surface area contributed by atoms with Gasteiger partial charge < -0.3 is 45.4 Å². The molecule has 4 N–H and O–H groups in total. The molecule has 1 unspecified atom stereocenters. The summed E-state index contributed by atoms with van der Waals surface area (Å²) in [7, 11) is 0. The van der Waals surface area contributed by atoms with Crippen molar-refractivity contribution >= 4 is 47.2 Å². The zero-order valence-corrected chi connectivity index (χ0v) is 32.8. The second kappa shape index (κ2) is 17.9. The van der Waals surface area contributed by atoms with Crippen molar-refractivity contribution < 1.29 is 51.8 Å². The molecule has 58 heavy (non-hydrogen) atoms. The molecule has 0 aromatic heterocycles. The largest absolute Gasteiger partial charge is 0.458 e. The van der Waals surface area contributed by atoms with Crippen molar-refractivity contribution in [3.8, 4) is 0 Å². The van der Waals surface area contributed by atoms with Gasteiger partial charge in [-0.1, -0.05) is 24.6 Å². The van der Waals surface area contributed by atoms with Crippen LogP contribution in [0.25, 0.3) is 0 Å². The number of carbonyl (C=O) groups is 7. The molecule has 2 aromatic carbocycles. The third-order valence-electron chi connectivity index (χ3n) is 11.0. The van der Waals surface area contributed by atoms with E-state index in [1.54, 1.807) is 24.3 Å². The lowest BCUT2D eigenvalue weighted by atomic mass is 10.0. The summed E-state index contributed by atoms with van der Waals surface area (Å²) in [5.74, 6) is -6.30. The van der Waals surface area contributed by atoms with Crippen molar-refractivity contribution in [2.75, 3.05) is 38.2 Å². The van der Waals surface area contributed by atoms with E-state index in [4.69, 9.17) is 9.47 Å². The number of hydrogen-bond acceptors (Lipinski definition) is 9. The summed E-state index contributed by atoms with van der Waals surface area (Å²) in [5, 5.41) is 10.4. The Balaban J connectivity index is 1.34. The maximum Gasteiger partial charge on any atom is 0.329 e. The Morgan fingerprint density at radius 3 is 2.28 bits per heavy atom. The lowest BCUT2D eigenvalue weighted by molar-refractivity contribution is -0.164. The van der Waals surface area contributed by atoms with Crippen molar-refractivity contribution in [2.24, 2.45) is 5.92 Å². The fraction of sp³-hybridized carbons (Fsp3) is 0.525. The van der Waals surface area contributed by atoms with Gasteiger partial charge in [-0.3, -0.25) is 24.0 Å². The molecule has 6 rings (SSSR count). The maximum absolute atomic E-state index is 14.7. The van der Waals surface area contributed by atoms with E-state index in [1.165, 1.54) is 28.5 Å². The SMILES string of the molecule is Cc1ccc(NC(=O)N[C@@H](Cc2cc(F)cc(F)c2)C(=O)NC2C(=O)N3CCC[C@H]3C(=O)N3CCOC[C@H]3C(=O)N[C@@H](C)C(=O)N3C[C@H](C)C[C@H]3C(=O)O[C@H]2C)cc1. The van der Waals surface area contributed by atoms with Gasteiger partial charge >= 0.3 is 12.0 Å². The van der Waals surface area contributed by atoms with Gasteiger partial charge in [0.25, 0.3) is 0 Å². The standard InChI is InChI=1S/C40H49F2N7O9/c1-21-7-9-28(10-8-21)44-40(56)45-29(17-25-15-26(41)18-27(42)16-25)34(50)46-33-24(4)58-39(55)31-14-22(2)19-49(31)36(52)23(3)43-35(51)32-20-57-13-12-48(32)37(53)30-6-5-11-47(30)38(33)54/h7-10,15-16,18,22-24,29-33H,5-6,11-14,17,19-20H2,1-4H3,(H,43,51)(H,46,50)(H2,44,45,56)/t22-,23+,24+,29+,30+,31+,32+,33?/m1/s1. The molecule has 0 spiro atoms. The number of carbonyl (C=O) groups excluding carboxylic acids is 7. The number of ether oxygens (including phenoxy) is 2. The van der Waals surface area contributed by atoms with Gasteiger partial charge in [-0.25, -0.2) is 18.4 Å². The van der Waals surface area contributed by atoms with E-state index in [0.717, 1.165) is 17.7 Å². The van der Waals surface area contributed by atoms with Crippen LogP contribution >= 0.6 is 0 Å². The number of nitrogens with zero attached hydrogens (tertiary/aromatic N) is 3. The van der Waals surface area contributed by atoms with Crippen molar-refractivity contribution in [3.63, 3.8) is 0 Å². The summed E-state index contributed by atoms with van der Waals surface area (Å²) in [6.45, 7) is 6.86. The lowest BCUT2D eigenvalue weighted by Gasteiger charge is -2.39. The summed E-state index contributed by atoms with van der Waals surface area (Å²) in [6, 6.07) is 1.10. The molecule has 4 heterocycles. The van der Waals surface area contributed by atoms with Crippen LogP contribution in [0, 0.1) is 24.5 Å². The fourth-order valence-electron chi connectivity index (χ4n) is 7.97. The van der Waals surface area contributed by atoms with Gasteiger partial charge in [0, 0.05) is 37.8 Å². The molecule has 4 saturated heterocycles. The molecule has 4 aliphatic heterocycles. The molecule has 8 atom stereocenters. The van der Waals surface area contributed by atoms with Crippen molar-refractivity contribution in [2.45, 2.75) is 95.7 Å². The van der Waals surface area contributed by atoms with Crippen LogP contribution in [0.2, 0.25) is 0 Å². The summed E-state index contributed by atoms with van der Waals surface area (Å²) >= 11 is 0. The van der Waals surface area contributed by atoms with Gasteiger partial charge in [-0.05, 0) is 75.8 Å². The molecule has 0 radical (unpaired) electrons. The number of morpholine rings is 1. The molecule has 0 aliphatic carbocycles. The van der Waals surface area contributed by atoms with Crippen molar-refractivity contribution in [3.05, 3.63) is 65.2 Å². The predicted molar refractivity (Wildman–Crippen MR) is 203 cm³/mol. The molecular formula is C40H49F2N7O9. The van der Waals surface area contributed by atoms with Gasteiger partial charge in [0.05, 0.1) is 13.2 Å². The number of esters is 1. The van der Waals surface area contributed by atoms with Gasteiger partial charge in [-0.2, -0.15) is 0 Å². The lowest BCUT2D eigenvalue weighted by Crippen LogP contribution is -2.64. The Morgan fingerprint density at radius 1 is 0.879 bits per heavy atom. The summed E-state index contributed by atoms with van der Waals surface area (Å²) < 4.78 is 40.1. The fourth-order valence-corrected chi connectivity index (χ4v) is 7.97. The van der Waals surface area contributed by atoms with Gasteiger partial charge in [0.2, 0.25) is 29.5 Å². The van der Waals surface area contributed by atoms with Crippen LogP contribution in [0.15, 0.2) is 42.5 Å². The molecule has 18 heteroatoms. The molecule has 4 fully saturated rings. The first-order chi connectivity index (χ1) is 27.6. The summed E-state index contributed by atoms with van der Waals surface area (Å²) in [6.07, 6.45) is -0.959. The number of aryl methyl sites for hydroxylation is 1. The Kier molecular flexibility index (Phi) is 12.9. The van der Waals surface area contributed by atoms with Crippen LogP contribution < -0.4 is 21.3 Å². The first-order valence-corrected chi connectivity index (χ1v) is 19.5. The van der Waals surface area contributed by atoms with Crippen LogP contribution in [0.5, 0.6) is 0 Å². The van der Waals surface area contributed by atoms with Gasteiger partial charge in [0.15, 0.2) is 0 Å². The van der Waals surface area contributed by atoms with Gasteiger partial charge in [-0.15, -0.1) is 0 Å². The Labute approximate surface area is 334 Å². The molecule has 4 aliphatic rings. The number of anilines is 1. The van der Waals surface area contributed by atoms with Crippen molar-refractivity contribution in [1.82, 2.24) is 30.7 Å². The Hall–Kier alpha value is -5.65.